The number of hydrogen-bond acceptors (Lipinski definition) is 5. The van der Waals surface area contributed by atoms with Gasteiger partial charge in [-0.2, -0.15) is 9.90 Å². The van der Waals surface area contributed by atoms with Gasteiger partial charge in [0.05, 0.1) is 0 Å². The highest BCUT2D eigenvalue weighted by molar-refractivity contribution is 7.71. The van der Waals surface area contributed by atoms with Crippen molar-refractivity contribution in [3.63, 3.8) is 0 Å². The zero-order valence-electron chi connectivity index (χ0n) is 14.4. The third kappa shape index (κ3) is 3.06. The second-order valence-electron chi connectivity index (χ2n) is 6.06. The highest BCUT2D eigenvalue weighted by atomic mass is 32.1. The van der Waals surface area contributed by atoms with Crippen molar-refractivity contribution in [2.24, 2.45) is 0 Å². The van der Waals surface area contributed by atoms with E-state index in [-0.39, 0.29) is 0 Å². The Bertz CT molecular complexity index is 1110. The molecule has 0 aliphatic carbocycles. The summed E-state index contributed by atoms with van der Waals surface area (Å²) in [5.74, 6) is 1.30. The third-order valence-corrected chi connectivity index (χ3v) is 4.53. The number of rotatable bonds is 4. The van der Waals surface area contributed by atoms with E-state index in [0.717, 1.165) is 17.1 Å². The van der Waals surface area contributed by atoms with Crippen LogP contribution in [0.15, 0.2) is 48.5 Å². The molecule has 0 bridgehead atoms. The molecule has 0 spiro atoms. The Kier molecular flexibility index (Phi) is 4.18. The van der Waals surface area contributed by atoms with E-state index >= 15 is 0 Å². The summed E-state index contributed by atoms with van der Waals surface area (Å²) < 4.78 is 2.43. The molecular formula is C18H17N7S. The summed E-state index contributed by atoms with van der Waals surface area (Å²) >= 11 is 5.41. The monoisotopic (exact) mass is 363 g/mol. The van der Waals surface area contributed by atoms with Gasteiger partial charge in [0.1, 0.15) is 6.54 Å². The maximum Gasteiger partial charge on any atom is 0.204 e. The lowest BCUT2D eigenvalue weighted by Crippen LogP contribution is -2.10. The number of benzene rings is 2. The van der Waals surface area contributed by atoms with Gasteiger partial charge in [0.25, 0.3) is 0 Å². The topological polar surface area (TPSA) is 77.2 Å². The van der Waals surface area contributed by atoms with Crippen LogP contribution in [0.3, 0.4) is 0 Å². The molecule has 4 aromatic rings. The van der Waals surface area contributed by atoms with Crippen LogP contribution < -0.4 is 0 Å². The number of aromatic amines is 1. The Labute approximate surface area is 155 Å². The quantitative estimate of drug-likeness (QED) is 0.563. The summed E-state index contributed by atoms with van der Waals surface area (Å²) in [5, 5.41) is 19.9. The number of nitrogens with zero attached hydrogens (tertiary/aromatic N) is 6. The molecule has 26 heavy (non-hydrogen) atoms. The molecule has 0 fully saturated rings. The van der Waals surface area contributed by atoms with E-state index in [9.17, 15) is 0 Å². The number of tetrazole rings is 1. The van der Waals surface area contributed by atoms with Gasteiger partial charge in [0.2, 0.25) is 5.82 Å². The van der Waals surface area contributed by atoms with Crippen LogP contribution in [0.25, 0.3) is 17.1 Å². The summed E-state index contributed by atoms with van der Waals surface area (Å²) in [6.45, 7) is 4.52. The van der Waals surface area contributed by atoms with Gasteiger partial charge in [-0.15, -0.1) is 10.2 Å². The number of H-pyrrole nitrogens is 1. The van der Waals surface area contributed by atoms with Crippen molar-refractivity contribution >= 4 is 12.2 Å². The second kappa shape index (κ2) is 6.64. The lowest BCUT2D eigenvalue weighted by Gasteiger charge is -2.08. The fraction of sp³-hybridized carbons (Fsp3) is 0.167. The first-order valence-corrected chi connectivity index (χ1v) is 8.60. The summed E-state index contributed by atoms with van der Waals surface area (Å²) in [6, 6.07) is 15.9. The van der Waals surface area contributed by atoms with Crippen LogP contribution >= 0.6 is 12.2 Å². The van der Waals surface area contributed by atoms with Crippen LogP contribution in [0.2, 0.25) is 0 Å². The number of hydrogen-bond donors (Lipinski definition) is 1. The molecule has 8 heteroatoms. The summed E-state index contributed by atoms with van der Waals surface area (Å²) in [7, 11) is 0. The molecule has 2 aromatic carbocycles. The van der Waals surface area contributed by atoms with Crippen LogP contribution in [-0.4, -0.2) is 35.0 Å². The Balaban J connectivity index is 1.67. The van der Waals surface area contributed by atoms with E-state index in [1.54, 1.807) is 0 Å². The van der Waals surface area contributed by atoms with Crippen molar-refractivity contribution in [3.8, 4) is 17.1 Å². The molecule has 0 unspecified atom stereocenters. The van der Waals surface area contributed by atoms with Gasteiger partial charge in [-0.1, -0.05) is 36.4 Å². The Hall–Kier alpha value is -3.13. The van der Waals surface area contributed by atoms with E-state index in [2.05, 4.69) is 51.6 Å². The molecule has 0 aliphatic heterocycles. The predicted molar refractivity (Wildman–Crippen MR) is 101 cm³/mol. The van der Waals surface area contributed by atoms with Gasteiger partial charge in [-0.25, -0.2) is 0 Å². The van der Waals surface area contributed by atoms with Gasteiger partial charge < -0.3 is 0 Å². The van der Waals surface area contributed by atoms with Crippen molar-refractivity contribution in [1.29, 1.82) is 0 Å². The molecule has 1 N–H and O–H groups in total. The van der Waals surface area contributed by atoms with Crippen LogP contribution in [-0.2, 0) is 6.54 Å². The molecule has 0 saturated heterocycles. The molecule has 0 amide bonds. The van der Waals surface area contributed by atoms with Crippen molar-refractivity contribution in [1.82, 2.24) is 35.0 Å². The Morgan fingerprint density at radius 1 is 1.04 bits per heavy atom. The minimum absolute atomic E-state index is 0.361. The molecule has 7 nitrogen and oxygen atoms in total. The van der Waals surface area contributed by atoms with E-state index in [1.807, 2.05) is 41.0 Å². The first-order valence-electron chi connectivity index (χ1n) is 8.19. The normalized spacial score (nSPS) is 11.0. The minimum atomic E-state index is 0.361. The van der Waals surface area contributed by atoms with E-state index in [1.165, 1.54) is 15.9 Å². The van der Waals surface area contributed by atoms with Crippen molar-refractivity contribution in [3.05, 3.63) is 70.3 Å². The van der Waals surface area contributed by atoms with Gasteiger partial charge in [0, 0.05) is 11.3 Å². The summed E-state index contributed by atoms with van der Waals surface area (Å²) in [6.07, 6.45) is 0. The highest BCUT2D eigenvalue weighted by Gasteiger charge is 2.12. The molecule has 0 saturated carbocycles. The zero-order chi connectivity index (χ0) is 18.1. The van der Waals surface area contributed by atoms with Crippen LogP contribution in [0, 0.1) is 18.6 Å². The van der Waals surface area contributed by atoms with Gasteiger partial charge in [-0.05, 0) is 54.5 Å². The molecule has 2 aromatic heterocycles. The Morgan fingerprint density at radius 3 is 2.62 bits per heavy atom. The maximum atomic E-state index is 5.41. The molecule has 0 aliphatic rings. The summed E-state index contributed by atoms with van der Waals surface area (Å²) in [4.78, 5) is 1.52. The van der Waals surface area contributed by atoms with Crippen molar-refractivity contribution < 1.29 is 0 Å². The van der Waals surface area contributed by atoms with Gasteiger partial charge in [0.15, 0.2) is 10.6 Å². The zero-order valence-corrected chi connectivity index (χ0v) is 15.2. The van der Waals surface area contributed by atoms with E-state index in [0.29, 0.717) is 17.1 Å². The molecule has 130 valence electrons. The molecule has 2 heterocycles. The smallest absolute Gasteiger partial charge is 0.204 e. The minimum Gasteiger partial charge on any atom is -0.270 e. The standard InChI is InChI=1S/C18H17N7S/c1-12-8-9-15(10-13(12)2)25-16(19-21-18(25)26)11-24-22-17(20-23-24)14-6-4-3-5-7-14/h3-10H,11H2,1-2H3,(H,21,26). The first-order chi connectivity index (χ1) is 12.6. The lowest BCUT2D eigenvalue weighted by atomic mass is 10.1. The Morgan fingerprint density at radius 2 is 1.85 bits per heavy atom. The average Bonchev–Trinajstić information content (AvgIpc) is 3.26. The van der Waals surface area contributed by atoms with E-state index < -0.39 is 0 Å². The lowest BCUT2D eigenvalue weighted by molar-refractivity contribution is 0.548. The molecule has 0 radical (unpaired) electrons. The maximum absolute atomic E-state index is 5.41. The number of nitrogens with one attached hydrogen (secondary N) is 1. The molecule has 0 atom stereocenters. The van der Waals surface area contributed by atoms with Crippen LogP contribution in [0.4, 0.5) is 0 Å². The number of aromatic nitrogens is 7. The van der Waals surface area contributed by atoms with E-state index in [4.69, 9.17) is 12.2 Å². The SMILES string of the molecule is Cc1ccc(-n2c(Cn3nnc(-c4ccccc4)n3)n[nH]c2=S)cc1C. The highest BCUT2D eigenvalue weighted by Crippen LogP contribution is 2.17. The predicted octanol–water partition coefficient (Wildman–Crippen LogP) is 3.25. The molecule has 4 rings (SSSR count). The van der Waals surface area contributed by atoms with Gasteiger partial charge in [-0.3, -0.25) is 9.67 Å². The average molecular weight is 363 g/mol. The van der Waals surface area contributed by atoms with Crippen molar-refractivity contribution in [2.45, 2.75) is 20.4 Å². The number of aryl methyl sites for hydroxylation is 2. The second-order valence-corrected chi connectivity index (χ2v) is 6.45. The largest absolute Gasteiger partial charge is 0.270 e. The van der Waals surface area contributed by atoms with Crippen LogP contribution in [0.1, 0.15) is 17.0 Å². The third-order valence-electron chi connectivity index (χ3n) is 4.26. The first kappa shape index (κ1) is 16.3. The fourth-order valence-corrected chi connectivity index (χ4v) is 2.96. The fourth-order valence-electron chi connectivity index (χ4n) is 2.71. The summed E-state index contributed by atoms with van der Waals surface area (Å²) in [5.41, 5.74) is 4.31. The van der Waals surface area contributed by atoms with Gasteiger partial charge >= 0.3 is 0 Å². The molecular weight excluding hydrogens is 346 g/mol. The van der Waals surface area contributed by atoms with Crippen LogP contribution in [0.5, 0.6) is 0 Å². The van der Waals surface area contributed by atoms with Crippen molar-refractivity contribution in [2.75, 3.05) is 0 Å².